The second kappa shape index (κ2) is 4.31. The van der Waals surface area contributed by atoms with Crippen LogP contribution in [0.5, 0.6) is 0 Å². The minimum atomic E-state index is -0.478. The molecule has 0 N–H and O–H groups in total. The molecule has 2 aromatic heterocycles. The molecule has 0 saturated carbocycles. The van der Waals surface area contributed by atoms with Gasteiger partial charge in [-0.3, -0.25) is 4.79 Å². The van der Waals surface area contributed by atoms with Gasteiger partial charge in [-0.25, -0.2) is 9.37 Å². The summed E-state index contributed by atoms with van der Waals surface area (Å²) in [5, 5.41) is 0.566. The summed E-state index contributed by atoms with van der Waals surface area (Å²) in [6, 6.07) is 11.3. The van der Waals surface area contributed by atoms with Gasteiger partial charge in [0.15, 0.2) is 17.2 Å². The van der Waals surface area contributed by atoms with Gasteiger partial charge < -0.3 is 4.42 Å². The molecule has 0 fully saturated rings. The van der Waals surface area contributed by atoms with E-state index in [-0.39, 0.29) is 17.1 Å². The predicted octanol–water partition coefficient (Wildman–Crippen LogP) is 3.51. The van der Waals surface area contributed by atoms with Crippen molar-refractivity contribution in [3.8, 4) is 0 Å². The molecule has 0 aliphatic carbocycles. The molecule has 0 atom stereocenters. The maximum atomic E-state index is 13.5. The second-order valence-electron chi connectivity index (χ2n) is 4.26. The molecule has 3 rings (SSSR count). The number of pyridine rings is 1. The third kappa shape index (κ3) is 2.01. The lowest BCUT2D eigenvalue weighted by atomic mass is 10.2. The van der Waals surface area contributed by atoms with Crippen LogP contribution in [0.2, 0.25) is 0 Å². The predicted molar refractivity (Wildman–Crippen MR) is 68.6 cm³/mol. The molecular weight excluding hydrogens is 245 g/mol. The Morgan fingerprint density at radius 2 is 2.00 bits per heavy atom. The number of fused-ring (bicyclic) bond motifs is 1. The lowest BCUT2D eigenvalue weighted by molar-refractivity contribution is 0.101. The number of aryl methyl sites for hydroxylation is 1. The number of carbonyl (C=O) groups excluding carboxylic acids is 1. The van der Waals surface area contributed by atoms with E-state index in [1.54, 1.807) is 37.3 Å². The van der Waals surface area contributed by atoms with Gasteiger partial charge in [0.05, 0.1) is 0 Å². The molecule has 3 nitrogen and oxygen atoms in total. The number of furan rings is 1. The van der Waals surface area contributed by atoms with Crippen molar-refractivity contribution in [1.82, 2.24) is 4.98 Å². The molecule has 4 heteroatoms. The first-order valence-electron chi connectivity index (χ1n) is 5.81. The van der Waals surface area contributed by atoms with Crippen molar-refractivity contribution in [1.29, 1.82) is 0 Å². The number of hydrogen-bond acceptors (Lipinski definition) is 3. The Morgan fingerprint density at radius 1 is 1.21 bits per heavy atom. The van der Waals surface area contributed by atoms with E-state index >= 15 is 0 Å². The summed E-state index contributed by atoms with van der Waals surface area (Å²) in [5.74, 6) is -0.730. The van der Waals surface area contributed by atoms with Crippen molar-refractivity contribution in [2.45, 2.75) is 6.92 Å². The smallest absolute Gasteiger partial charge is 0.246 e. The van der Waals surface area contributed by atoms with Crippen LogP contribution in [0, 0.1) is 12.7 Å². The number of nitrogens with zero attached hydrogens (tertiary/aromatic N) is 1. The number of rotatable bonds is 2. The zero-order chi connectivity index (χ0) is 13.4. The number of aromatic nitrogens is 1. The Labute approximate surface area is 108 Å². The van der Waals surface area contributed by atoms with E-state index in [1.165, 1.54) is 12.1 Å². The summed E-state index contributed by atoms with van der Waals surface area (Å²) < 4.78 is 18.8. The molecule has 0 aliphatic heterocycles. The largest absolute Gasteiger partial charge is 0.449 e. The standard InChI is InChI=1S/C15H10FNO2/c1-9-4-2-7-12(17-9)14(18)13-8-10-5-3-6-11(16)15(10)19-13/h2-8H,1H3. The van der Waals surface area contributed by atoms with Crippen molar-refractivity contribution < 1.29 is 13.6 Å². The quantitative estimate of drug-likeness (QED) is 0.658. The molecule has 1 aromatic carbocycles. The lowest BCUT2D eigenvalue weighted by Gasteiger charge is -1.97. The zero-order valence-corrected chi connectivity index (χ0v) is 10.2. The van der Waals surface area contributed by atoms with Crippen LogP contribution in [0.4, 0.5) is 4.39 Å². The highest BCUT2D eigenvalue weighted by molar-refractivity contribution is 6.07. The zero-order valence-electron chi connectivity index (χ0n) is 10.2. The summed E-state index contributed by atoms with van der Waals surface area (Å²) in [4.78, 5) is 16.3. The highest BCUT2D eigenvalue weighted by Crippen LogP contribution is 2.23. The number of hydrogen-bond donors (Lipinski definition) is 0. The Bertz CT molecular complexity index is 777. The van der Waals surface area contributed by atoms with Gasteiger partial charge in [0.25, 0.3) is 0 Å². The molecule has 94 valence electrons. The van der Waals surface area contributed by atoms with Gasteiger partial charge >= 0.3 is 0 Å². The second-order valence-corrected chi connectivity index (χ2v) is 4.26. The molecule has 0 bridgehead atoms. The maximum absolute atomic E-state index is 13.5. The number of benzene rings is 1. The molecular formula is C15H10FNO2. The van der Waals surface area contributed by atoms with E-state index in [9.17, 15) is 9.18 Å². The fourth-order valence-corrected chi connectivity index (χ4v) is 1.94. The van der Waals surface area contributed by atoms with Crippen LogP contribution in [0.1, 0.15) is 21.9 Å². The molecule has 0 spiro atoms. The van der Waals surface area contributed by atoms with Crippen molar-refractivity contribution in [3.05, 3.63) is 65.4 Å². The number of para-hydroxylation sites is 1. The van der Waals surface area contributed by atoms with Crippen LogP contribution in [0.15, 0.2) is 46.9 Å². The molecule has 2 heterocycles. The molecule has 0 amide bonds. The highest BCUT2D eigenvalue weighted by Gasteiger charge is 2.17. The molecule has 0 aliphatic rings. The number of carbonyl (C=O) groups is 1. The fraction of sp³-hybridized carbons (Fsp3) is 0.0667. The molecule has 3 aromatic rings. The van der Waals surface area contributed by atoms with Gasteiger partial charge in [-0.15, -0.1) is 0 Å². The van der Waals surface area contributed by atoms with Gasteiger partial charge in [-0.05, 0) is 31.2 Å². The molecule has 0 radical (unpaired) electrons. The summed E-state index contributed by atoms with van der Waals surface area (Å²) in [6.45, 7) is 1.80. The molecule has 0 saturated heterocycles. The van der Waals surface area contributed by atoms with Crippen LogP contribution >= 0.6 is 0 Å². The lowest BCUT2D eigenvalue weighted by Crippen LogP contribution is -2.03. The molecule has 19 heavy (non-hydrogen) atoms. The average molecular weight is 255 g/mol. The Balaban J connectivity index is 2.09. The normalized spacial score (nSPS) is 10.8. The molecule has 0 unspecified atom stereocenters. The van der Waals surface area contributed by atoms with Crippen molar-refractivity contribution >= 4 is 16.8 Å². The first kappa shape index (κ1) is 11.6. The Morgan fingerprint density at radius 3 is 2.74 bits per heavy atom. The average Bonchev–Trinajstić information content (AvgIpc) is 2.83. The van der Waals surface area contributed by atoms with E-state index < -0.39 is 5.82 Å². The van der Waals surface area contributed by atoms with E-state index in [2.05, 4.69) is 4.98 Å². The maximum Gasteiger partial charge on any atom is 0.246 e. The van der Waals surface area contributed by atoms with Gasteiger partial charge in [-0.1, -0.05) is 18.2 Å². The number of halogens is 1. The minimum Gasteiger partial charge on any atom is -0.449 e. The summed E-state index contributed by atoms with van der Waals surface area (Å²) in [6.07, 6.45) is 0. The monoisotopic (exact) mass is 255 g/mol. The SMILES string of the molecule is Cc1cccc(C(=O)c2cc3cccc(F)c3o2)n1. The van der Waals surface area contributed by atoms with Gasteiger partial charge in [0, 0.05) is 11.1 Å². The van der Waals surface area contributed by atoms with Crippen LogP contribution in [0.25, 0.3) is 11.0 Å². The van der Waals surface area contributed by atoms with Crippen LogP contribution in [-0.2, 0) is 0 Å². The highest BCUT2D eigenvalue weighted by atomic mass is 19.1. The van der Waals surface area contributed by atoms with E-state index in [4.69, 9.17) is 4.42 Å². The Kier molecular flexibility index (Phi) is 2.63. The number of ketones is 1. The Hall–Kier alpha value is -2.49. The van der Waals surface area contributed by atoms with E-state index in [0.717, 1.165) is 5.69 Å². The summed E-state index contributed by atoms with van der Waals surface area (Å²) in [7, 11) is 0. The summed E-state index contributed by atoms with van der Waals surface area (Å²) >= 11 is 0. The van der Waals surface area contributed by atoms with Crippen LogP contribution in [0.3, 0.4) is 0 Å². The first-order chi connectivity index (χ1) is 9.15. The fourth-order valence-electron chi connectivity index (χ4n) is 1.94. The van der Waals surface area contributed by atoms with Gasteiger partial charge in [0.1, 0.15) is 5.69 Å². The minimum absolute atomic E-state index is 0.0956. The third-order valence-corrected chi connectivity index (χ3v) is 2.84. The van der Waals surface area contributed by atoms with Crippen molar-refractivity contribution in [2.24, 2.45) is 0 Å². The van der Waals surface area contributed by atoms with Crippen molar-refractivity contribution in [2.75, 3.05) is 0 Å². The van der Waals surface area contributed by atoms with E-state index in [1.807, 2.05) is 0 Å². The first-order valence-corrected chi connectivity index (χ1v) is 5.81. The van der Waals surface area contributed by atoms with Crippen LogP contribution < -0.4 is 0 Å². The van der Waals surface area contributed by atoms with Gasteiger partial charge in [-0.2, -0.15) is 0 Å². The third-order valence-electron chi connectivity index (χ3n) is 2.84. The topological polar surface area (TPSA) is 43.1 Å². The van der Waals surface area contributed by atoms with Crippen molar-refractivity contribution in [3.63, 3.8) is 0 Å². The van der Waals surface area contributed by atoms with Gasteiger partial charge in [0.2, 0.25) is 5.78 Å². The summed E-state index contributed by atoms with van der Waals surface area (Å²) in [5.41, 5.74) is 1.13. The van der Waals surface area contributed by atoms with Crippen LogP contribution in [-0.4, -0.2) is 10.8 Å². The van der Waals surface area contributed by atoms with E-state index in [0.29, 0.717) is 11.1 Å².